The van der Waals surface area contributed by atoms with Crippen LogP contribution in [-0.2, 0) is 4.74 Å². The Morgan fingerprint density at radius 2 is 2.18 bits per heavy atom. The van der Waals surface area contributed by atoms with E-state index in [1.165, 1.54) is 11.3 Å². The molecule has 2 aromatic heterocycles. The van der Waals surface area contributed by atoms with Gasteiger partial charge in [-0.25, -0.2) is 4.98 Å². The lowest BCUT2D eigenvalue weighted by molar-refractivity contribution is 0.0957. The maximum Gasteiger partial charge on any atom is 0.263 e. The van der Waals surface area contributed by atoms with Gasteiger partial charge in [-0.3, -0.25) is 4.79 Å². The number of nitrogens with one attached hydrogen (secondary N) is 2. The highest BCUT2D eigenvalue weighted by atomic mass is 35.5. The Bertz CT molecular complexity index is 534. The number of hydrogen-bond acceptors (Lipinski definition) is 6. The quantitative estimate of drug-likeness (QED) is 0.699. The summed E-state index contributed by atoms with van der Waals surface area (Å²) in [5, 5.41) is 6.69. The van der Waals surface area contributed by atoms with Gasteiger partial charge >= 0.3 is 0 Å². The smallest absolute Gasteiger partial charge is 0.263 e. The van der Waals surface area contributed by atoms with Crippen molar-refractivity contribution < 1.29 is 13.9 Å². The van der Waals surface area contributed by atoms with Gasteiger partial charge < -0.3 is 19.8 Å². The summed E-state index contributed by atoms with van der Waals surface area (Å²) in [6, 6.07) is 3.61. The molecule has 124 valence electrons. The number of thiazole rings is 1. The van der Waals surface area contributed by atoms with Gasteiger partial charge in [0.25, 0.3) is 5.91 Å². The van der Waals surface area contributed by atoms with Crippen molar-refractivity contribution in [2.45, 2.75) is 0 Å². The van der Waals surface area contributed by atoms with Crippen LogP contribution < -0.4 is 10.6 Å². The first-order valence-corrected chi connectivity index (χ1v) is 7.10. The Kier molecular flexibility index (Phi) is 10.9. The number of amides is 1. The van der Waals surface area contributed by atoms with E-state index in [4.69, 9.17) is 9.15 Å². The molecule has 0 aliphatic rings. The molecule has 0 fully saturated rings. The third kappa shape index (κ3) is 6.33. The zero-order valence-corrected chi connectivity index (χ0v) is 14.5. The van der Waals surface area contributed by atoms with Gasteiger partial charge in [0.15, 0.2) is 10.8 Å². The molecule has 0 unspecified atom stereocenters. The van der Waals surface area contributed by atoms with Crippen LogP contribution >= 0.6 is 36.2 Å². The van der Waals surface area contributed by atoms with Crippen LogP contribution in [0.15, 0.2) is 29.0 Å². The monoisotopic (exact) mass is 367 g/mol. The molecular weight excluding hydrogens is 349 g/mol. The molecule has 0 saturated heterocycles. The maximum absolute atomic E-state index is 11.9. The first-order valence-electron chi connectivity index (χ1n) is 6.29. The number of carbonyl (C=O) groups is 1. The summed E-state index contributed by atoms with van der Waals surface area (Å²) in [5.41, 5.74) is 0. The molecule has 6 nitrogen and oxygen atoms in total. The number of aromatic nitrogens is 1. The summed E-state index contributed by atoms with van der Waals surface area (Å²) in [5.74, 6) is 0.559. The molecule has 1 amide bonds. The van der Waals surface area contributed by atoms with Gasteiger partial charge in [0.2, 0.25) is 0 Å². The molecule has 0 atom stereocenters. The van der Waals surface area contributed by atoms with Crippen LogP contribution in [0.4, 0.5) is 0 Å². The number of carbonyl (C=O) groups excluding carboxylic acids is 1. The minimum Gasteiger partial charge on any atom is -0.462 e. The van der Waals surface area contributed by atoms with E-state index in [9.17, 15) is 4.79 Å². The van der Waals surface area contributed by atoms with E-state index in [-0.39, 0.29) is 30.7 Å². The average molecular weight is 368 g/mol. The fraction of sp³-hybridized carbons (Fsp3) is 0.385. The molecule has 2 N–H and O–H groups in total. The van der Waals surface area contributed by atoms with Crippen molar-refractivity contribution in [2.75, 3.05) is 33.4 Å². The van der Waals surface area contributed by atoms with Gasteiger partial charge in [-0.1, -0.05) is 0 Å². The minimum absolute atomic E-state index is 0. The number of nitrogens with zero attached hydrogens (tertiary/aromatic N) is 1. The third-order valence-corrected chi connectivity index (χ3v) is 3.54. The average Bonchev–Trinajstić information content (AvgIpc) is 3.12. The molecule has 0 aliphatic carbocycles. The second-order valence-corrected chi connectivity index (χ2v) is 5.04. The van der Waals surface area contributed by atoms with Gasteiger partial charge in [-0.05, 0) is 12.1 Å². The predicted molar refractivity (Wildman–Crippen MR) is 91.4 cm³/mol. The Labute approximate surface area is 145 Å². The van der Waals surface area contributed by atoms with Crippen LogP contribution in [0.25, 0.3) is 10.8 Å². The lowest BCUT2D eigenvalue weighted by Crippen LogP contribution is -2.32. The van der Waals surface area contributed by atoms with E-state index in [2.05, 4.69) is 15.6 Å². The Morgan fingerprint density at radius 3 is 2.86 bits per heavy atom. The third-order valence-electron chi connectivity index (χ3n) is 2.53. The Morgan fingerprint density at radius 1 is 1.36 bits per heavy atom. The molecule has 0 spiro atoms. The Balaban J connectivity index is 0.00000220. The van der Waals surface area contributed by atoms with E-state index in [1.54, 1.807) is 25.6 Å². The second-order valence-electron chi connectivity index (χ2n) is 4.01. The summed E-state index contributed by atoms with van der Waals surface area (Å²) in [6.45, 7) is 2.71. The van der Waals surface area contributed by atoms with Crippen LogP contribution in [0, 0.1) is 0 Å². The molecular formula is C13H19Cl2N3O3S. The first-order chi connectivity index (χ1) is 9.81. The van der Waals surface area contributed by atoms with E-state index >= 15 is 0 Å². The summed E-state index contributed by atoms with van der Waals surface area (Å²) in [4.78, 5) is 16.7. The summed E-state index contributed by atoms with van der Waals surface area (Å²) < 4.78 is 10.2. The number of halogens is 2. The molecule has 0 bridgehead atoms. The lowest BCUT2D eigenvalue weighted by atomic mass is 10.4. The number of furan rings is 1. The predicted octanol–water partition coefficient (Wildman–Crippen LogP) is 2.21. The van der Waals surface area contributed by atoms with Gasteiger partial charge in [-0.2, -0.15) is 0 Å². The van der Waals surface area contributed by atoms with Crippen LogP contribution in [0.1, 0.15) is 9.67 Å². The van der Waals surface area contributed by atoms with Crippen molar-refractivity contribution in [3.05, 3.63) is 29.5 Å². The van der Waals surface area contributed by atoms with Crippen LogP contribution in [0.5, 0.6) is 0 Å². The van der Waals surface area contributed by atoms with Crippen molar-refractivity contribution in [1.29, 1.82) is 0 Å². The zero-order chi connectivity index (χ0) is 14.2. The highest BCUT2D eigenvalue weighted by Crippen LogP contribution is 2.25. The van der Waals surface area contributed by atoms with Crippen LogP contribution in [0.2, 0.25) is 0 Å². The molecule has 0 radical (unpaired) electrons. The molecule has 0 saturated carbocycles. The van der Waals surface area contributed by atoms with Gasteiger partial charge in [0.1, 0.15) is 4.88 Å². The number of hydrogen-bond donors (Lipinski definition) is 2. The van der Waals surface area contributed by atoms with E-state index < -0.39 is 0 Å². The highest BCUT2D eigenvalue weighted by Gasteiger charge is 2.12. The van der Waals surface area contributed by atoms with Gasteiger partial charge in [0.05, 0.1) is 19.1 Å². The van der Waals surface area contributed by atoms with E-state index in [0.717, 1.165) is 6.54 Å². The zero-order valence-electron chi connectivity index (χ0n) is 12.0. The summed E-state index contributed by atoms with van der Waals surface area (Å²) >= 11 is 1.31. The van der Waals surface area contributed by atoms with E-state index in [0.29, 0.717) is 35.3 Å². The minimum atomic E-state index is -0.117. The fourth-order valence-corrected chi connectivity index (χ4v) is 2.34. The number of methoxy groups -OCH3 is 1. The van der Waals surface area contributed by atoms with Crippen molar-refractivity contribution in [3.63, 3.8) is 0 Å². The number of ether oxygens (including phenoxy) is 1. The lowest BCUT2D eigenvalue weighted by Gasteiger charge is -2.04. The largest absolute Gasteiger partial charge is 0.462 e. The molecule has 0 aliphatic heterocycles. The standard InChI is InChI=1S/C13H17N3O3S.2ClH/c1-18-8-6-14-4-5-15-12(17)11-9-16-13(20-11)10-3-2-7-19-10;;/h2-3,7,9,14H,4-6,8H2,1H3,(H,15,17);2*1H. The van der Waals surface area contributed by atoms with Crippen LogP contribution in [-0.4, -0.2) is 44.2 Å². The summed E-state index contributed by atoms with van der Waals surface area (Å²) in [6.07, 6.45) is 3.15. The van der Waals surface area contributed by atoms with Crippen molar-refractivity contribution in [1.82, 2.24) is 15.6 Å². The fourth-order valence-electron chi connectivity index (χ4n) is 1.54. The molecule has 2 aromatic rings. The normalized spacial score (nSPS) is 9.68. The Hall–Kier alpha value is -1.12. The van der Waals surface area contributed by atoms with E-state index in [1.807, 2.05) is 6.07 Å². The highest BCUT2D eigenvalue weighted by molar-refractivity contribution is 7.16. The SMILES string of the molecule is COCCNCCNC(=O)c1cnc(-c2ccco2)s1.Cl.Cl. The maximum atomic E-state index is 11.9. The molecule has 2 heterocycles. The van der Waals surface area contributed by atoms with Gasteiger partial charge in [0, 0.05) is 26.7 Å². The second kappa shape index (κ2) is 11.4. The van der Waals surface area contributed by atoms with Crippen LogP contribution in [0.3, 0.4) is 0 Å². The van der Waals surface area contributed by atoms with Crippen molar-refractivity contribution in [2.24, 2.45) is 0 Å². The number of rotatable bonds is 8. The summed E-state index contributed by atoms with van der Waals surface area (Å²) in [7, 11) is 1.66. The van der Waals surface area contributed by atoms with Crippen molar-refractivity contribution in [3.8, 4) is 10.8 Å². The molecule has 9 heteroatoms. The molecule has 0 aromatic carbocycles. The first kappa shape index (κ1) is 20.9. The van der Waals surface area contributed by atoms with Crippen molar-refractivity contribution >= 4 is 42.1 Å². The topological polar surface area (TPSA) is 76.4 Å². The van der Waals surface area contributed by atoms with Gasteiger partial charge in [-0.15, -0.1) is 36.2 Å². The molecule has 2 rings (SSSR count). The molecule has 22 heavy (non-hydrogen) atoms.